The van der Waals surface area contributed by atoms with Crippen LogP contribution in [0.3, 0.4) is 0 Å². The number of nitrogens with zero attached hydrogens (tertiary/aromatic N) is 4. The van der Waals surface area contributed by atoms with Gasteiger partial charge in [0.15, 0.2) is 0 Å². The van der Waals surface area contributed by atoms with E-state index in [9.17, 15) is 4.79 Å². The summed E-state index contributed by atoms with van der Waals surface area (Å²) >= 11 is 0. The Morgan fingerprint density at radius 3 is 2.95 bits per heavy atom. The summed E-state index contributed by atoms with van der Waals surface area (Å²) in [5.74, 6) is 0.777. The minimum Gasteiger partial charge on any atom is -0.381 e. The van der Waals surface area contributed by atoms with Crippen molar-refractivity contribution >= 4 is 11.9 Å². The van der Waals surface area contributed by atoms with E-state index in [0.717, 1.165) is 39.0 Å². The normalized spacial score (nSPS) is 22.6. The van der Waals surface area contributed by atoms with Crippen LogP contribution in [0, 0.1) is 5.92 Å². The number of carbonyl (C=O) groups excluding carboxylic acids is 1. The zero-order valence-corrected chi connectivity index (χ0v) is 10.9. The predicted molar refractivity (Wildman–Crippen MR) is 68.1 cm³/mol. The molecule has 3 rings (SSSR count). The van der Waals surface area contributed by atoms with Crippen LogP contribution in [0.1, 0.15) is 19.3 Å². The lowest BCUT2D eigenvalue weighted by molar-refractivity contribution is -0.133. The second-order valence-corrected chi connectivity index (χ2v) is 5.31. The van der Waals surface area contributed by atoms with Crippen LogP contribution in [-0.2, 0) is 16.1 Å². The van der Waals surface area contributed by atoms with Gasteiger partial charge in [0.05, 0.1) is 6.61 Å². The van der Waals surface area contributed by atoms with Crippen molar-refractivity contribution in [2.45, 2.75) is 31.8 Å². The van der Waals surface area contributed by atoms with Crippen LogP contribution in [0.2, 0.25) is 0 Å². The molecule has 1 aliphatic carbocycles. The molecule has 2 heterocycles. The van der Waals surface area contributed by atoms with Gasteiger partial charge < -0.3 is 15.4 Å². The Hall–Kier alpha value is -1.63. The van der Waals surface area contributed by atoms with Gasteiger partial charge in [0.25, 0.3) is 0 Å². The highest BCUT2D eigenvalue weighted by Gasteiger charge is 2.34. The molecule has 7 nitrogen and oxygen atoms in total. The van der Waals surface area contributed by atoms with Crippen LogP contribution in [0.15, 0.2) is 6.33 Å². The van der Waals surface area contributed by atoms with E-state index in [1.165, 1.54) is 11.0 Å². The molecule has 0 spiro atoms. The topological polar surface area (TPSA) is 86.3 Å². The molecule has 104 valence electrons. The molecule has 2 aliphatic rings. The molecule has 1 unspecified atom stereocenters. The van der Waals surface area contributed by atoms with Crippen LogP contribution in [0.5, 0.6) is 0 Å². The molecule has 19 heavy (non-hydrogen) atoms. The molecule has 1 saturated carbocycles. The van der Waals surface area contributed by atoms with Gasteiger partial charge in [-0.25, -0.2) is 9.67 Å². The van der Waals surface area contributed by atoms with E-state index in [1.807, 2.05) is 4.90 Å². The summed E-state index contributed by atoms with van der Waals surface area (Å²) in [7, 11) is 0. The molecular weight excluding hydrogens is 246 g/mol. The first-order valence-electron chi connectivity index (χ1n) is 6.74. The molecule has 1 saturated heterocycles. The lowest BCUT2D eigenvalue weighted by atomic mass is 10.1. The minimum atomic E-state index is 0.0966. The van der Waals surface area contributed by atoms with Gasteiger partial charge in [0.2, 0.25) is 11.9 Å². The molecule has 2 N–H and O–H groups in total. The maximum Gasteiger partial charge on any atom is 0.244 e. The average molecular weight is 265 g/mol. The van der Waals surface area contributed by atoms with Crippen LogP contribution in [-0.4, -0.2) is 51.4 Å². The van der Waals surface area contributed by atoms with Gasteiger partial charge in [-0.15, -0.1) is 5.10 Å². The molecule has 2 fully saturated rings. The molecule has 0 aromatic carbocycles. The van der Waals surface area contributed by atoms with E-state index in [4.69, 9.17) is 10.5 Å². The van der Waals surface area contributed by atoms with Crippen molar-refractivity contribution in [2.24, 2.45) is 5.92 Å². The van der Waals surface area contributed by atoms with Crippen molar-refractivity contribution in [3.63, 3.8) is 0 Å². The van der Waals surface area contributed by atoms with Crippen molar-refractivity contribution in [3.8, 4) is 0 Å². The lowest BCUT2D eigenvalue weighted by Crippen LogP contribution is -2.39. The number of hydrogen-bond donors (Lipinski definition) is 1. The second kappa shape index (κ2) is 5.16. The number of amides is 1. The van der Waals surface area contributed by atoms with Crippen LogP contribution in [0.25, 0.3) is 0 Å². The number of rotatable bonds is 5. The fourth-order valence-corrected chi connectivity index (χ4v) is 2.46. The molecule has 1 aromatic heterocycles. The summed E-state index contributed by atoms with van der Waals surface area (Å²) in [6, 6.07) is 0.411. The average Bonchev–Trinajstić information content (AvgIpc) is 2.93. The van der Waals surface area contributed by atoms with E-state index >= 15 is 0 Å². The van der Waals surface area contributed by atoms with Gasteiger partial charge in [-0.05, 0) is 19.3 Å². The van der Waals surface area contributed by atoms with Gasteiger partial charge in [-0.2, -0.15) is 0 Å². The largest absolute Gasteiger partial charge is 0.381 e. The van der Waals surface area contributed by atoms with E-state index in [0.29, 0.717) is 12.0 Å². The minimum absolute atomic E-state index is 0.0966. The molecule has 1 atom stereocenters. The zero-order valence-electron chi connectivity index (χ0n) is 10.9. The van der Waals surface area contributed by atoms with Crippen molar-refractivity contribution in [1.29, 1.82) is 0 Å². The summed E-state index contributed by atoms with van der Waals surface area (Å²) in [4.78, 5) is 18.2. The van der Waals surface area contributed by atoms with Gasteiger partial charge >= 0.3 is 0 Å². The Balaban J connectivity index is 1.60. The molecule has 0 bridgehead atoms. The third-order valence-corrected chi connectivity index (χ3v) is 3.64. The maximum atomic E-state index is 12.3. The fourth-order valence-electron chi connectivity index (χ4n) is 2.46. The van der Waals surface area contributed by atoms with Crippen LogP contribution < -0.4 is 5.73 Å². The quantitative estimate of drug-likeness (QED) is 0.802. The van der Waals surface area contributed by atoms with E-state index in [-0.39, 0.29) is 18.4 Å². The summed E-state index contributed by atoms with van der Waals surface area (Å²) in [6.07, 6.45) is 4.77. The van der Waals surface area contributed by atoms with E-state index in [2.05, 4.69) is 10.1 Å². The number of nitrogen functional groups attached to an aromatic ring is 1. The predicted octanol–water partition coefficient (Wildman–Crippen LogP) is -0.112. The SMILES string of the molecule is Nc1ncn(CC(=O)N(CC2CCOC2)C2CC2)n1. The summed E-state index contributed by atoms with van der Waals surface area (Å²) in [5.41, 5.74) is 5.45. The lowest BCUT2D eigenvalue weighted by Gasteiger charge is -2.25. The Bertz CT molecular complexity index is 451. The summed E-state index contributed by atoms with van der Waals surface area (Å²) in [5, 5.41) is 3.96. The molecule has 1 aromatic rings. The number of carbonyl (C=O) groups is 1. The smallest absolute Gasteiger partial charge is 0.244 e. The molecule has 0 radical (unpaired) electrons. The van der Waals surface area contributed by atoms with Crippen molar-refractivity contribution in [1.82, 2.24) is 19.7 Å². The first-order valence-corrected chi connectivity index (χ1v) is 6.74. The summed E-state index contributed by atoms with van der Waals surface area (Å²) < 4.78 is 6.88. The monoisotopic (exact) mass is 265 g/mol. The number of ether oxygens (including phenoxy) is 1. The van der Waals surface area contributed by atoms with Gasteiger partial charge in [-0.1, -0.05) is 0 Å². The first-order chi connectivity index (χ1) is 9.22. The number of nitrogens with two attached hydrogens (primary N) is 1. The molecule has 1 amide bonds. The van der Waals surface area contributed by atoms with Gasteiger partial charge in [0, 0.05) is 25.1 Å². The molecule has 7 heteroatoms. The van der Waals surface area contributed by atoms with Crippen molar-refractivity contribution in [3.05, 3.63) is 6.33 Å². The van der Waals surface area contributed by atoms with Crippen LogP contribution in [0.4, 0.5) is 5.95 Å². The highest BCUT2D eigenvalue weighted by molar-refractivity contribution is 5.76. The Labute approximate surface area is 111 Å². The van der Waals surface area contributed by atoms with Crippen molar-refractivity contribution in [2.75, 3.05) is 25.5 Å². The Morgan fingerprint density at radius 2 is 2.37 bits per heavy atom. The first kappa shape index (κ1) is 12.4. The maximum absolute atomic E-state index is 12.3. The number of aromatic nitrogens is 3. The molecule has 1 aliphatic heterocycles. The van der Waals surface area contributed by atoms with E-state index in [1.54, 1.807) is 0 Å². The Morgan fingerprint density at radius 1 is 1.53 bits per heavy atom. The zero-order chi connectivity index (χ0) is 13.2. The van der Waals surface area contributed by atoms with Gasteiger partial charge in [0.1, 0.15) is 12.9 Å². The number of hydrogen-bond acceptors (Lipinski definition) is 5. The number of anilines is 1. The standard InChI is InChI=1S/C12H19N5O2/c13-12-14-8-16(15-12)6-11(18)17(10-1-2-10)5-9-3-4-19-7-9/h8-10H,1-7H2,(H2,13,15). The highest BCUT2D eigenvalue weighted by atomic mass is 16.5. The highest BCUT2D eigenvalue weighted by Crippen LogP contribution is 2.29. The molecular formula is C12H19N5O2. The second-order valence-electron chi connectivity index (χ2n) is 5.31. The third-order valence-electron chi connectivity index (χ3n) is 3.64. The van der Waals surface area contributed by atoms with Crippen molar-refractivity contribution < 1.29 is 9.53 Å². The van der Waals surface area contributed by atoms with Gasteiger partial charge in [-0.3, -0.25) is 4.79 Å². The van der Waals surface area contributed by atoms with Crippen LogP contribution >= 0.6 is 0 Å². The Kier molecular flexibility index (Phi) is 3.37. The van der Waals surface area contributed by atoms with E-state index < -0.39 is 0 Å². The summed E-state index contributed by atoms with van der Waals surface area (Å²) in [6.45, 7) is 2.60. The third kappa shape index (κ3) is 3.04. The fraction of sp³-hybridized carbons (Fsp3) is 0.750.